The molecule has 2 fully saturated rings. The number of benzene rings is 1. The Morgan fingerprint density at radius 2 is 1.89 bits per heavy atom. The molecule has 0 spiro atoms. The molecule has 1 aromatic carbocycles. The van der Waals surface area contributed by atoms with Crippen LogP contribution in [0.25, 0.3) is 0 Å². The molecule has 0 aliphatic carbocycles. The Kier molecular flexibility index (Phi) is 6.83. The Labute approximate surface area is 220 Å². The number of likely N-dealkylation sites (tertiary alicyclic amines) is 1. The van der Waals surface area contributed by atoms with E-state index in [0.717, 1.165) is 17.0 Å². The lowest BCUT2D eigenvalue weighted by Crippen LogP contribution is -2.68. The molecule has 4 heterocycles. The minimum absolute atomic E-state index is 0.00543. The summed E-state index contributed by atoms with van der Waals surface area (Å²) in [6.45, 7) is 5.61. The fourth-order valence-electron chi connectivity index (χ4n) is 6.21. The summed E-state index contributed by atoms with van der Waals surface area (Å²) in [6.07, 6.45) is 2.44. The van der Waals surface area contributed by atoms with Crippen molar-refractivity contribution in [2.24, 2.45) is 11.3 Å². The van der Waals surface area contributed by atoms with Gasteiger partial charge in [0.15, 0.2) is 0 Å². The fourth-order valence-corrected chi connectivity index (χ4v) is 6.21. The number of piperidine rings is 1. The molecule has 4 amide bonds. The number of carbonyl (C=O) groups excluding carboxylic acids is 3. The van der Waals surface area contributed by atoms with Crippen molar-refractivity contribution in [2.75, 3.05) is 40.4 Å². The first kappa shape index (κ1) is 25.7. The number of imide groups is 2. The van der Waals surface area contributed by atoms with E-state index in [-0.39, 0.29) is 36.9 Å². The molecule has 0 radical (unpaired) electrons. The number of nitrogens with one attached hydrogen (secondary N) is 1. The molecule has 0 unspecified atom stereocenters. The SMILES string of the molecule is C=CCN1C(=O)NC(=O)[C@@](Cc2ccc(OC)cc2OC)(CN2C[C@H]3C[C@H](C2)c2cccc(=O)n2C3)C1=O. The summed E-state index contributed by atoms with van der Waals surface area (Å²) >= 11 is 0. The number of urea groups is 1. The molecule has 10 nitrogen and oxygen atoms in total. The number of hydrogen-bond acceptors (Lipinski definition) is 7. The van der Waals surface area contributed by atoms with Crippen molar-refractivity contribution >= 4 is 17.8 Å². The van der Waals surface area contributed by atoms with E-state index in [2.05, 4.69) is 16.8 Å². The highest BCUT2D eigenvalue weighted by atomic mass is 16.5. The van der Waals surface area contributed by atoms with Crippen molar-refractivity contribution in [2.45, 2.75) is 25.3 Å². The topological polar surface area (TPSA) is 110 Å². The minimum Gasteiger partial charge on any atom is -0.497 e. The smallest absolute Gasteiger partial charge is 0.331 e. The van der Waals surface area contributed by atoms with Crippen LogP contribution < -0.4 is 20.3 Å². The molecule has 3 atom stereocenters. The summed E-state index contributed by atoms with van der Waals surface area (Å²) in [4.78, 5) is 55.9. The first-order chi connectivity index (χ1) is 18.3. The standard InChI is InChI=1S/C28H32N4O6/c1-4-10-31-26(35)28(25(34)29-27(31)36,13-19-8-9-21(37-2)12-23(19)38-3)17-30-14-18-11-20(16-30)22-6-5-7-24(33)32(22)15-18/h4-9,12,18,20H,1,10-11,13-17H2,2-3H3,(H,29,34,36)/t18-,20-,28-/m1/s1. The second-order valence-electron chi connectivity index (χ2n) is 10.3. The Hall–Kier alpha value is -3.92. The normalized spacial score (nSPS) is 25.0. The van der Waals surface area contributed by atoms with Crippen LogP contribution in [0.2, 0.25) is 0 Å². The van der Waals surface area contributed by atoms with Gasteiger partial charge < -0.3 is 18.9 Å². The average molecular weight is 521 g/mol. The second-order valence-corrected chi connectivity index (χ2v) is 10.3. The number of hydrogen-bond donors (Lipinski definition) is 1. The quantitative estimate of drug-likeness (QED) is 0.417. The molecule has 200 valence electrons. The monoisotopic (exact) mass is 520 g/mol. The maximum atomic E-state index is 14.0. The van der Waals surface area contributed by atoms with Crippen molar-refractivity contribution in [3.63, 3.8) is 0 Å². The van der Waals surface area contributed by atoms with Gasteiger partial charge in [0, 0.05) is 62.9 Å². The summed E-state index contributed by atoms with van der Waals surface area (Å²) in [5.41, 5.74) is 0.0565. The molecular formula is C28H32N4O6. The number of fused-ring (bicyclic) bond motifs is 4. The van der Waals surface area contributed by atoms with Crippen molar-refractivity contribution in [1.29, 1.82) is 0 Å². The third-order valence-electron chi connectivity index (χ3n) is 7.90. The molecule has 0 saturated carbocycles. The van der Waals surface area contributed by atoms with Gasteiger partial charge in [-0.2, -0.15) is 0 Å². The number of rotatable bonds is 8. The Bertz CT molecular complexity index is 1350. The number of nitrogens with zero attached hydrogens (tertiary/aromatic N) is 3. The van der Waals surface area contributed by atoms with Crippen molar-refractivity contribution in [1.82, 2.24) is 19.7 Å². The molecule has 3 aliphatic rings. The Balaban J connectivity index is 1.52. The number of methoxy groups -OCH3 is 2. The van der Waals surface area contributed by atoms with Gasteiger partial charge in [0.25, 0.3) is 5.56 Å². The van der Waals surface area contributed by atoms with Crippen LogP contribution >= 0.6 is 0 Å². The molecule has 2 bridgehead atoms. The highest BCUT2D eigenvalue weighted by molar-refractivity contribution is 6.19. The highest BCUT2D eigenvalue weighted by Gasteiger charge is 2.55. The van der Waals surface area contributed by atoms with Gasteiger partial charge >= 0.3 is 6.03 Å². The van der Waals surface area contributed by atoms with Gasteiger partial charge in [-0.15, -0.1) is 6.58 Å². The maximum Gasteiger partial charge on any atom is 0.331 e. The second kappa shape index (κ2) is 10.1. The lowest BCUT2D eigenvalue weighted by atomic mass is 9.75. The number of amides is 4. The van der Waals surface area contributed by atoms with Crippen LogP contribution in [0.15, 0.2) is 53.8 Å². The largest absolute Gasteiger partial charge is 0.497 e. The van der Waals surface area contributed by atoms with Crippen molar-refractivity contribution in [3.8, 4) is 11.5 Å². The first-order valence-corrected chi connectivity index (χ1v) is 12.7. The molecule has 10 heteroatoms. The summed E-state index contributed by atoms with van der Waals surface area (Å²) in [5.74, 6) is 0.202. The number of carbonyl (C=O) groups is 3. The van der Waals surface area contributed by atoms with E-state index < -0.39 is 23.3 Å². The van der Waals surface area contributed by atoms with Gasteiger partial charge in [-0.05, 0) is 30.0 Å². The van der Waals surface area contributed by atoms with Crippen LogP contribution in [-0.2, 0) is 22.6 Å². The van der Waals surface area contributed by atoms with Gasteiger partial charge in [-0.25, -0.2) is 4.79 Å². The van der Waals surface area contributed by atoms with Gasteiger partial charge in [-0.1, -0.05) is 18.2 Å². The summed E-state index contributed by atoms with van der Waals surface area (Å²) in [6, 6.07) is 9.83. The third-order valence-corrected chi connectivity index (χ3v) is 7.90. The summed E-state index contributed by atoms with van der Waals surface area (Å²) in [7, 11) is 3.07. The van der Waals surface area contributed by atoms with Crippen LogP contribution in [0.4, 0.5) is 4.79 Å². The summed E-state index contributed by atoms with van der Waals surface area (Å²) in [5, 5.41) is 2.42. The molecular weight excluding hydrogens is 488 g/mol. The fraction of sp³-hybridized carbons (Fsp3) is 0.429. The van der Waals surface area contributed by atoms with E-state index in [4.69, 9.17) is 9.47 Å². The predicted molar refractivity (Wildman–Crippen MR) is 139 cm³/mol. The Morgan fingerprint density at radius 1 is 1.08 bits per heavy atom. The summed E-state index contributed by atoms with van der Waals surface area (Å²) < 4.78 is 12.7. The van der Waals surface area contributed by atoms with Crippen LogP contribution in [-0.4, -0.2) is 72.6 Å². The molecule has 1 N–H and O–H groups in total. The molecule has 2 saturated heterocycles. The van der Waals surface area contributed by atoms with E-state index in [1.165, 1.54) is 13.2 Å². The van der Waals surface area contributed by atoms with E-state index >= 15 is 0 Å². The molecule has 38 heavy (non-hydrogen) atoms. The molecule has 3 aliphatic heterocycles. The Morgan fingerprint density at radius 3 is 2.63 bits per heavy atom. The number of pyridine rings is 1. The third kappa shape index (κ3) is 4.38. The zero-order valence-corrected chi connectivity index (χ0v) is 21.6. The van der Waals surface area contributed by atoms with Gasteiger partial charge in [0.2, 0.25) is 11.8 Å². The molecule has 2 aromatic rings. The maximum absolute atomic E-state index is 14.0. The van der Waals surface area contributed by atoms with Crippen molar-refractivity contribution in [3.05, 3.63) is 70.7 Å². The molecule has 5 rings (SSSR count). The zero-order chi connectivity index (χ0) is 27.0. The number of barbiturate groups is 1. The first-order valence-electron chi connectivity index (χ1n) is 12.7. The minimum atomic E-state index is -1.57. The van der Waals surface area contributed by atoms with Crippen LogP contribution in [0, 0.1) is 11.3 Å². The highest BCUT2D eigenvalue weighted by Crippen LogP contribution is 2.39. The van der Waals surface area contributed by atoms with Crippen LogP contribution in [0.5, 0.6) is 11.5 Å². The molecule has 1 aromatic heterocycles. The van der Waals surface area contributed by atoms with E-state index in [1.54, 1.807) is 37.4 Å². The zero-order valence-electron chi connectivity index (χ0n) is 21.6. The van der Waals surface area contributed by atoms with E-state index in [0.29, 0.717) is 36.7 Å². The van der Waals surface area contributed by atoms with Gasteiger partial charge in [-0.3, -0.25) is 24.6 Å². The van der Waals surface area contributed by atoms with Crippen LogP contribution in [0.1, 0.15) is 23.6 Å². The predicted octanol–water partition coefficient (Wildman–Crippen LogP) is 1.78. The van der Waals surface area contributed by atoms with E-state index in [1.807, 2.05) is 10.6 Å². The van der Waals surface area contributed by atoms with Crippen LogP contribution in [0.3, 0.4) is 0 Å². The lowest BCUT2D eigenvalue weighted by Gasteiger charge is -2.47. The number of aromatic nitrogens is 1. The van der Waals surface area contributed by atoms with Gasteiger partial charge in [0.1, 0.15) is 16.9 Å². The van der Waals surface area contributed by atoms with Gasteiger partial charge in [0.05, 0.1) is 14.2 Å². The number of ether oxygens (including phenoxy) is 2. The van der Waals surface area contributed by atoms with Crippen molar-refractivity contribution < 1.29 is 23.9 Å². The average Bonchev–Trinajstić information content (AvgIpc) is 2.90. The van der Waals surface area contributed by atoms with E-state index in [9.17, 15) is 19.2 Å². The lowest BCUT2D eigenvalue weighted by molar-refractivity contribution is -0.153.